The Bertz CT molecular complexity index is 597. The average molecular weight is 350 g/mol. The molecule has 0 radical (unpaired) electrons. The van der Waals surface area contributed by atoms with Crippen LogP contribution in [0.4, 0.5) is 0 Å². The maximum absolute atomic E-state index is 11.8. The Kier molecular flexibility index (Phi) is 4.86. The third-order valence-corrected chi connectivity index (χ3v) is 7.23. The van der Waals surface area contributed by atoms with Gasteiger partial charge in [0.25, 0.3) is 0 Å². The molecule has 0 spiro atoms. The van der Waals surface area contributed by atoms with Gasteiger partial charge in [-0.15, -0.1) is 0 Å². The minimum absolute atomic E-state index is 0.0280. The summed E-state index contributed by atoms with van der Waals surface area (Å²) in [7, 11) is 0. The molecular formula is C20H30O5. The predicted octanol–water partition coefficient (Wildman–Crippen LogP) is 1.96. The molecule has 2 aliphatic carbocycles. The minimum atomic E-state index is -0.844. The average Bonchev–Trinajstić information content (AvgIpc) is 2.89. The molecule has 3 N–H and O–H groups in total. The quantitative estimate of drug-likeness (QED) is 0.411. The van der Waals surface area contributed by atoms with Crippen LogP contribution in [-0.4, -0.2) is 46.7 Å². The van der Waals surface area contributed by atoms with Crippen LogP contribution in [0.1, 0.15) is 46.0 Å². The van der Waals surface area contributed by atoms with Gasteiger partial charge in [0.2, 0.25) is 0 Å². The highest BCUT2D eigenvalue weighted by molar-refractivity contribution is 5.91. The van der Waals surface area contributed by atoms with Crippen molar-refractivity contribution in [2.75, 3.05) is 13.2 Å². The van der Waals surface area contributed by atoms with Crippen molar-refractivity contribution in [2.45, 2.75) is 58.2 Å². The lowest BCUT2D eigenvalue weighted by atomic mass is 9.46. The van der Waals surface area contributed by atoms with Crippen LogP contribution in [0.3, 0.4) is 0 Å². The molecule has 5 heteroatoms. The second-order valence-electron chi connectivity index (χ2n) is 8.54. The second-order valence-corrected chi connectivity index (χ2v) is 8.54. The van der Waals surface area contributed by atoms with Gasteiger partial charge in [0.15, 0.2) is 0 Å². The Labute approximate surface area is 149 Å². The van der Waals surface area contributed by atoms with Gasteiger partial charge >= 0.3 is 5.97 Å². The Morgan fingerprint density at radius 3 is 2.64 bits per heavy atom. The van der Waals surface area contributed by atoms with Crippen LogP contribution in [0.2, 0.25) is 0 Å². The van der Waals surface area contributed by atoms with Crippen LogP contribution in [0.5, 0.6) is 0 Å². The number of hydrogen-bond acceptors (Lipinski definition) is 5. The van der Waals surface area contributed by atoms with Crippen molar-refractivity contribution < 1.29 is 24.9 Å². The fourth-order valence-electron chi connectivity index (χ4n) is 5.56. The van der Waals surface area contributed by atoms with Crippen molar-refractivity contribution in [1.29, 1.82) is 0 Å². The van der Waals surface area contributed by atoms with Crippen molar-refractivity contribution >= 4 is 5.97 Å². The van der Waals surface area contributed by atoms with Gasteiger partial charge in [0.05, 0.1) is 18.3 Å². The molecule has 3 aliphatic rings. The molecule has 1 saturated heterocycles. The highest BCUT2D eigenvalue weighted by Crippen LogP contribution is 2.61. The summed E-state index contributed by atoms with van der Waals surface area (Å²) in [5.41, 5.74) is 0.911. The highest BCUT2D eigenvalue weighted by Gasteiger charge is 2.57. The molecule has 140 valence electrons. The van der Waals surface area contributed by atoms with Crippen LogP contribution >= 0.6 is 0 Å². The van der Waals surface area contributed by atoms with Gasteiger partial charge in [0, 0.05) is 5.41 Å². The predicted molar refractivity (Wildman–Crippen MR) is 93.6 cm³/mol. The van der Waals surface area contributed by atoms with Gasteiger partial charge in [-0.2, -0.15) is 0 Å². The van der Waals surface area contributed by atoms with E-state index in [2.05, 4.69) is 13.5 Å². The zero-order chi connectivity index (χ0) is 18.4. The van der Waals surface area contributed by atoms with Crippen molar-refractivity contribution in [3.05, 3.63) is 23.8 Å². The Morgan fingerprint density at radius 2 is 2.04 bits per heavy atom. The zero-order valence-electron chi connectivity index (χ0n) is 15.2. The summed E-state index contributed by atoms with van der Waals surface area (Å²) in [6.45, 7) is 8.50. The largest absolute Gasteiger partial charge is 0.459 e. The van der Waals surface area contributed by atoms with Gasteiger partial charge < -0.3 is 20.1 Å². The van der Waals surface area contributed by atoms with E-state index in [0.717, 1.165) is 24.8 Å². The molecule has 0 aromatic rings. The zero-order valence-corrected chi connectivity index (χ0v) is 15.2. The first-order valence-corrected chi connectivity index (χ1v) is 9.26. The monoisotopic (exact) mass is 350 g/mol. The number of rotatable bonds is 3. The number of esters is 1. The third kappa shape index (κ3) is 2.86. The number of aliphatic hydroxyl groups excluding tert-OH is 3. The maximum atomic E-state index is 11.8. The molecular weight excluding hydrogens is 320 g/mol. The Morgan fingerprint density at radius 1 is 1.32 bits per heavy atom. The smallest absolute Gasteiger partial charge is 0.336 e. The van der Waals surface area contributed by atoms with Gasteiger partial charge in [-0.25, -0.2) is 4.79 Å². The molecule has 3 rings (SSSR count). The van der Waals surface area contributed by atoms with E-state index in [1.807, 2.05) is 13.0 Å². The van der Waals surface area contributed by atoms with Gasteiger partial charge in [-0.05, 0) is 49.4 Å². The molecule has 0 aromatic heterocycles. The van der Waals surface area contributed by atoms with E-state index >= 15 is 0 Å². The molecule has 0 aromatic carbocycles. The van der Waals surface area contributed by atoms with E-state index in [1.54, 1.807) is 0 Å². The van der Waals surface area contributed by atoms with Crippen LogP contribution in [0.25, 0.3) is 0 Å². The first-order valence-electron chi connectivity index (χ1n) is 9.26. The molecule has 0 amide bonds. The van der Waals surface area contributed by atoms with Crippen LogP contribution < -0.4 is 0 Å². The minimum Gasteiger partial charge on any atom is -0.459 e. The molecule has 2 saturated carbocycles. The summed E-state index contributed by atoms with van der Waals surface area (Å²) in [5.74, 6) is -0.0734. The Hall–Kier alpha value is -1.17. The van der Waals surface area contributed by atoms with E-state index in [-0.39, 0.29) is 30.5 Å². The van der Waals surface area contributed by atoms with Gasteiger partial charge in [0.1, 0.15) is 12.7 Å². The summed E-state index contributed by atoms with van der Waals surface area (Å²) >= 11 is 0. The lowest BCUT2D eigenvalue weighted by molar-refractivity contribution is -0.151. The maximum Gasteiger partial charge on any atom is 0.336 e. The number of carbonyl (C=O) groups excluding carboxylic acids is 1. The van der Waals surface area contributed by atoms with Crippen molar-refractivity contribution in [2.24, 2.45) is 22.7 Å². The fourth-order valence-corrected chi connectivity index (χ4v) is 5.56. The first kappa shape index (κ1) is 18.6. The molecule has 5 nitrogen and oxygen atoms in total. The number of cyclic esters (lactones) is 1. The van der Waals surface area contributed by atoms with Gasteiger partial charge in [-0.3, -0.25) is 0 Å². The number of fused-ring (bicyclic) bond motifs is 1. The van der Waals surface area contributed by atoms with Crippen molar-refractivity contribution in [1.82, 2.24) is 0 Å². The van der Waals surface area contributed by atoms with E-state index in [4.69, 9.17) is 4.74 Å². The Balaban J connectivity index is 1.89. The summed E-state index contributed by atoms with van der Waals surface area (Å²) in [6.07, 6.45) is 4.42. The highest BCUT2D eigenvalue weighted by atomic mass is 16.6. The lowest BCUT2D eigenvalue weighted by Gasteiger charge is -2.59. The number of hydrogen-bond donors (Lipinski definition) is 3. The molecule has 1 aliphatic heterocycles. The summed E-state index contributed by atoms with van der Waals surface area (Å²) < 4.78 is 4.90. The molecule has 0 bridgehead atoms. The summed E-state index contributed by atoms with van der Waals surface area (Å²) in [5, 5.41) is 30.4. The van der Waals surface area contributed by atoms with E-state index in [9.17, 15) is 20.1 Å². The van der Waals surface area contributed by atoms with Gasteiger partial charge in [-0.1, -0.05) is 32.1 Å². The number of ether oxygens (including phenoxy) is 1. The standard InChI is InChI=1S/C20H30O5/c1-12-4-7-16-19(2,9-8-17(23)20(16,3)11-21)14(12)6-5-13-15(22)10-25-18(13)24/h5,14-17,21-23H,1,4,6-11H2,2-3H3/b13-5+/t14-,15?,16+,17?,19+,20+/m1/s1. The van der Waals surface area contributed by atoms with Crippen LogP contribution in [0, 0.1) is 22.7 Å². The van der Waals surface area contributed by atoms with E-state index in [1.165, 1.54) is 0 Å². The lowest BCUT2D eigenvalue weighted by Crippen LogP contribution is -2.57. The molecule has 6 atom stereocenters. The number of carbonyl (C=O) groups is 1. The van der Waals surface area contributed by atoms with Crippen LogP contribution in [-0.2, 0) is 9.53 Å². The van der Waals surface area contributed by atoms with E-state index < -0.39 is 23.6 Å². The number of allylic oxidation sites excluding steroid dienone is 2. The topological polar surface area (TPSA) is 87.0 Å². The summed E-state index contributed by atoms with van der Waals surface area (Å²) in [4.78, 5) is 11.8. The SMILES string of the molecule is C=C1CC[C@H]2[C@@](C)(CCC(O)[C@@]2(C)CO)[C@@H]1C/C=C1/C(=O)OCC1O. The van der Waals surface area contributed by atoms with Crippen LogP contribution in [0.15, 0.2) is 23.8 Å². The van der Waals surface area contributed by atoms with E-state index in [0.29, 0.717) is 18.4 Å². The molecule has 1 heterocycles. The third-order valence-electron chi connectivity index (χ3n) is 7.23. The number of aliphatic hydroxyl groups is 3. The normalized spacial score (nSPS) is 46.2. The second kappa shape index (κ2) is 6.53. The fraction of sp³-hybridized carbons (Fsp3) is 0.750. The molecule has 3 fully saturated rings. The summed E-state index contributed by atoms with van der Waals surface area (Å²) in [6, 6.07) is 0. The first-order chi connectivity index (χ1) is 11.7. The molecule has 25 heavy (non-hydrogen) atoms. The van der Waals surface area contributed by atoms with Crippen molar-refractivity contribution in [3.8, 4) is 0 Å². The molecule has 2 unspecified atom stereocenters. The van der Waals surface area contributed by atoms with Crippen molar-refractivity contribution in [3.63, 3.8) is 0 Å².